The van der Waals surface area contributed by atoms with Crippen LogP contribution in [0.1, 0.15) is 12.8 Å². The molecule has 1 saturated heterocycles. The van der Waals surface area contributed by atoms with E-state index in [0.29, 0.717) is 62.5 Å². The first-order valence-corrected chi connectivity index (χ1v) is 10.6. The van der Waals surface area contributed by atoms with E-state index < -0.39 is 0 Å². The van der Waals surface area contributed by atoms with Crippen LogP contribution in [0.4, 0.5) is 14.5 Å². The summed E-state index contributed by atoms with van der Waals surface area (Å²) in [5.41, 5.74) is 1.59. The van der Waals surface area contributed by atoms with E-state index in [0.717, 1.165) is 0 Å². The number of anilines is 1. The van der Waals surface area contributed by atoms with Gasteiger partial charge in [0.2, 0.25) is 5.91 Å². The van der Waals surface area contributed by atoms with Crippen LogP contribution in [-0.2, 0) is 11.3 Å². The maximum atomic E-state index is 14.0. The second-order valence-electron chi connectivity index (χ2n) is 7.71. The summed E-state index contributed by atoms with van der Waals surface area (Å²) in [6.45, 7) is 2.53. The van der Waals surface area contributed by atoms with Crippen molar-refractivity contribution in [3.63, 3.8) is 0 Å². The minimum Gasteiger partial charge on any atom is -0.366 e. The largest absolute Gasteiger partial charge is 0.366 e. The highest BCUT2D eigenvalue weighted by Crippen LogP contribution is 2.20. The van der Waals surface area contributed by atoms with E-state index >= 15 is 0 Å². The van der Waals surface area contributed by atoms with E-state index in [2.05, 4.69) is 5.10 Å². The Morgan fingerprint density at radius 2 is 1.62 bits per heavy atom. The van der Waals surface area contributed by atoms with Gasteiger partial charge in [0.1, 0.15) is 11.6 Å². The number of aromatic nitrogens is 2. The lowest BCUT2D eigenvalue weighted by Gasteiger charge is -2.36. The van der Waals surface area contributed by atoms with Gasteiger partial charge in [-0.1, -0.05) is 12.1 Å². The number of hydrogen-bond acceptors (Lipinski definition) is 4. The fourth-order valence-corrected chi connectivity index (χ4v) is 3.83. The Hall–Kier alpha value is -3.55. The Morgan fingerprint density at radius 1 is 0.906 bits per heavy atom. The molecule has 4 rings (SSSR count). The van der Waals surface area contributed by atoms with Gasteiger partial charge < -0.3 is 9.80 Å². The Morgan fingerprint density at radius 3 is 2.34 bits per heavy atom. The average molecular weight is 438 g/mol. The molecular formula is C24H24F2N4O2. The molecule has 0 atom stereocenters. The Kier molecular flexibility index (Phi) is 6.58. The number of rotatable bonds is 6. The van der Waals surface area contributed by atoms with Gasteiger partial charge in [-0.25, -0.2) is 13.5 Å². The summed E-state index contributed by atoms with van der Waals surface area (Å²) < 4.78 is 28.4. The van der Waals surface area contributed by atoms with Gasteiger partial charge in [0.25, 0.3) is 5.56 Å². The van der Waals surface area contributed by atoms with E-state index in [9.17, 15) is 18.4 Å². The molecule has 3 aromatic rings. The first kappa shape index (κ1) is 21.7. The van der Waals surface area contributed by atoms with E-state index in [1.54, 1.807) is 41.3 Å². The molecule has 0 N–H and O–H groups in total. The number of carbonyl (C=O) groups excluding carboxylic acids is 1. The summed E-state index contributed by atoms with van der Waals surface area (Å²) in [7, 11) is 0. The van der Waals surface area contributed by atoms with E-state index in [4.69, 9.17) is 0 Å². The number of benzene rings is 2. The Balaban J connectivity index is 1.30. The lowest BCUT2D eigenvalue weighted by atomic mass is 10.1. The molecule has 0 radical (unpaired) electrons. The highest BCUT2D eigenvalue weighted by atomic mass is 19.1. The summed E-state index contributed by atoms with van der Waals surface area (Å²) in [6, 6.07) is 15.6. The van der Waals surface area contributed by atoms with Crippen LogP contribution in [0.15, 0.2) is 65.5 Å². The molecule has 0 bridgehead atoms. The third-order valence-corrected chi connectivity index (χ3v) is 5.59. The summed E-state index contributed by atoms with van der Waals surface area (Å²) in [4.78, 5) is 28.5. The number of hydrogen-bond donors (Lipinski definition) is 0. The van der Waals surface area contributed by atoms with Crippen molar-refractivity contribution in [2.75, 3.05) is 31.1 Å². The maximum absolute atomic E-state index is 14.0. The SMILES string of the molecule is O=C(CCCn1nc(-c2ccc(F)cc2)ccc1=O)N1CCN(c2ccccc2F)CC1. The quantitative estimate of drug-likeness (QED) is 0.593. The lowest BCUT2D eigenvalue weighted by molar-refractivity contribution is -0.131. The molecule has 2 aromatic carbocycles. The molecule has 1 amide bonds. The molecule has 1 aliphatic rings. The first-order chi connectivity index (χ1) is 15.5. The molecule has 1 aromatic heterocycles. The zero-order chi connectivity index (χ0) is 22.5. The van der Waals surface area contributed by atoms with Crippen molar-refractivity contribution in [1.29, 1.82) is 0 Å². The van der Waals surface area contributed by atoms with Gasteiger partial charge in [-0.15, -0.1) is 0 Å². The van der Waals surface area contributed by atoms with Crippen molar-refractivity contribution in [3.05, 3.63) is 82.7 Å². The van der Waals surface area contributed by atoms with Crippen molar-refractivity contribution in [2.45, 2.75) is 19.4 Å². The standard InChI is InChI=1S/C24H24F2N4O2/c25-19-9-7-18(8-10-19)21-11-12-24(32)30(27-21)13-3-6-23(31)29-16-14-28(15-17-29)22-5-2-1-4-20(22)26/h1-2,4-5,7-12H,3,6,13-17H2. The van der Waals surface area contributed by atoms with E-state index in [-0.39, 0.29) is 23.1 Å². The summed E-state index contributed by atoms with van der Waals surface area (Å²) in [5, 5.41) is 4.35. The first-order valence-electron chi connectivity index (χ1n) is 10.6. The molecule has 0 spiro atoms. The smallest absolute Gasteiger partial charge is 0.266 e. The van der Waals surface area contributed by atoms with Crippen molar-refractivity contribution in [1.82, 2.24) is 14.7 Å². The minimum atomic E-state index is -0.338. The molecule has 32 heavy (non-hydrogen) atoms. The van der Waals surface area contributed by atoms with Gasteiger partial charge >= 0.3 is 0 Å². The predicted octanol–water partition coefficient (Wildman–Crippen LogP) is 3.32. The van der Waals surface area contributed by atoms with E-state index in [1.807, 2.05) is 4.90 Å². The van der Waals surface area contributed by atoms with Gasteiger partial charge in [-0.05, 0) is 48.9 Å². The number of halogens is 2. The van der Waals surface area contributed by atoms with Gasteiger partial charge in [0.05, 0.1) is 11.4 Å². The zero-order valence-electron chi connectivity index (χ0n) is 17.6. The number of para-hydroxylation sites is 1. The summed E-state index contributed by atoms with van der Waals surface area (Å²) in [5.74, 6) is -0.579. The van der Waals surface area contributed by atoms with Crippen LogP contribution in [0, 0.1) is 11.6 Å². The lowest BCUT2D eigenvalue weighted by Crippen LogP contribution is -2.49. The second-order valence-corrected chi connectivity index (χ2v) is 7.71. The van der Waals surface area contributed by atoms with Crippen LogP contribution in [-0.4, -0.2) is 46.8 Å². The molecule has 1 aliphatic heterocycles. The van der Waals surface area contributed by atoms with Crippen LogP contribution < -0.4 is 10.5 Å². The zero-order valence-corrected chi connectivity index (χ0v) is 17.6. The van der Waals surface area contributed by atoms with Crippen LogP contribution in [0.3, 0.4) is 0 Å². The van der Waals surface area contributed by atoms with Crippen molar-refractivity contribution >= 4 is 11.6 Å². The molecular weight excluding hydrogens is 414 g/mol. The monoisotopic (exact) mass is 438 g/mol. The van der Waals surface area contributed by atoms with Gasteiger partial charge in [-0.3, -0.25) is 9.59 Å². The molecule has 166 valence electrons. The minimum absolute atomic E-state index is 0.0147. The predicted molar refractivity (Wildman–Crippen MR) is 118 cm³/mol. The number of piperazine rings is 1. The Labute approximate surface area is 184 Å². The summed E-state index contributed by atoms with van der Waals surface area (Å²) >= 11 is 0. The number of aryl methyl sites for hydroxylation is 1. The number of carbonyl (C=O) groups is 1. The fraction of sp³-hybridized carbons (Fsp3) is 0.292. The molecule has 8 heteroatoms. The van der Waals surface area contributed by atoms with Crippen LogP contribution in [0.2, 0.25) is 0 Å². The summed E-state index contributed by atoms with van der Waals surface area (Å²) in [6.07, 6.45) is 0.779. The average Bonchev–Trinajstić information content (AvgIpc) is 2.81. The van der Waals surface area contributed by atoms with Crippen LogP contribution in [0.25, 0.3) is 11.3 Å². The molecule has 0 aliphatic carbocycles. The number of amides is 1. The molecule has 2 heterocycles. The normalized spacial score (nSPS) is 13.9. The molecule has 6 nitrogen and oxygen atoms in total. The topological polar surface area (TPSA) is 58.4 Å². The van der Waals surface area contributed by atoms with Gasteiger partial charge in [0.15, 0.2) is 0 Å². The van der Waals surface area contributed by atoms with E-state index in [1.165, 1.54) is 28.9 Å². The second kappa shape index (κ2) is 9.72. The number of nitrogens with zero attached hydrogens (tertiary/aromatic N) is 4. The van der Waals surface area contributed by atoms with Crippen molar-refractivity contribution in [2.24, 2.45) is 0 Å². The fourth-order valence-electron chi connectivity index (χ4n) is 3.83. The molecule has 0 unspecified atom stereocenters. The van der Waals surface area contributed by atoms with Gasteiger partial charge in [0, 0.05) is 50.8 Å². The van der Waals surface area contributed by atoms with Crippen molar-refractivity contribution in [3.8, 4) is 11.3 Å². The Bertz CT molecular complexity index is 1140. The third-order valence-electron chi connectivity index (χ3n) is 5.59. The highest BCUT2D eigenvalue weighted by Gasteiger charge is 2.22. The third kappa shape index (κ3) is 5.01. The van der Waals surface area contributed by atoms with Crippen molar-refractivity contribution < 1.29 is 13.6 Å². The maximum Gasteiger partial charge on any atom is 0.266 e. The molecule has 1 fully saturated rings. The molecule has 0 saturated carbocycles. The van der Waals surface area contributed by atoms with Crippen LogP contribution in [0.5, 0.6) is 0 Å². The van der Waals surface area contributed by atoms with Gasteiger partial charge in [-0.2, -0.15) is 5.10 Å². The highest BCUT2D eigenvalue weighted by molar-refractivity contribution is 5.76. The van der Waals surface area contributed by atoms with Crippen LogP contribution >= 0.6 is 0 Å².